The van der Waals surface area contributed by atoms with Crippen molar-refractivity contribution >= 4 is 5.91 Å². The van der Waals surface area contributed by atoms with E-state index in [9.17, 15) is 13.6 Å². The lowest BCUT2D eigenvalue weighted by Gasteiger charge is -2.37. The van der Waals surface area contributed by atoms with E-state index in [0.29, 0.717) is 18.9 Å². The normalized spacial score (nSPS) is 16.2. The number of carbonyl (C=O) groups excluding carboxylic acids is 1. The maximum Gasteiger partial charge on any atom is 0.387 e. The maximum atomic E-state index is 12.2. The zero-order valence-corrected chi connectivity index (χ0v) is 13.7. The van der Waals surface area contributed by atoms with Crippen LogP contribution >= 0.6 is 0 Å². The van der Waals surface area contributed by atoms with E-state index < -0.39 is 6.61 Å². The minimum absolute atomic E-state index is 0.139. The number of carbonyl (C=O) groups is 1. The summed E-state index contributed by atoms with van der Waals surface area (Å²) in [4.78, 5) is 16.5. The van der Waals surface area contributed by atoms with Gasteiger partial charge in [0.1, 0.15) is 5.75 Å². The molecule has 0 unspecified atom stereocenters. The molecule has 1 saturated heterocycles. The van der Waals surface area contributed by atoms with E-state index in [1.165, 1.54) is 12.1 Å². The van der Waals surface area contributed by atoms with Gasteiger partial charge in [0, 0.05) is 38.6 Å². The van der Waals surface area contributed by atoms with Crippen molar-refractivity contribution in [1.82, 2.24) is 9.80 Å². The van der Waals surface area contributed by atoms with Crippen LogP contribution in [0.2, 0.25) is 0 Å². The van der Waals surface area contributed by atoms with Gasteiger partial charge >= 0.3 is 6.61 Å². The number of benzene rings is 1. The van der Waals surface area contributed by atoms with E-state index in [1.54, 1.807) is 12.1 Å². The van der Waals surface area contributed by atoms with Gasteiger partial charge in [-0.15, -0.1) is 0 Å². The number of piperazine rings is 1. The standard InChI is InChI=1S/C17H24F2N2O2/c1-13(2)20-9-11-21(12-10-20)16(22)8-5-14-3-6-15(7-4-14)23-17(18)19/h3-4,6-7,13,17H,5,8-12H2,1-2H3. The van der Waals surface area contributed by atoms with Crippen LogP contribution in [0.1, 0.15) is 25.8 Å². The Hall–Kier alpha value is -1.69. The molecule has 2 rings (SSSR count). The summed E-state index contributed by atoms with van der Waals surface area (Å²) in [5, 5.41) is 0. The quantitative estimate of drug-likeness (QED) is 0.806. The minimum Gasteiger partial charge on any atom is -0.435 e. The summed E-state index contributed by atoms with van der Waals surface area (Å²) in [6.45, 7) is 4.91. The van der Waals surface area contributed by atoms with Gasteiger partial charge in [0.2, 0.25) is 5.91 Å². The highest BCUT2D eigenvalue weighted by Gasteiger charge is 2.21. The van der Waals surface area contributed by atoms with E-state index >= 15 is 0 Å². The second-order valence-electron chi connectivity index (χ2n) is 6.03. The van der Waals surface area contributed by atoms with Crippen LogP contribution < -0.4 is 4.74 Å². The Kier molecular flexibility index (Phi) is 6.33. The molecule has 23 heavy (non-hydrogen) atoms. The van der Waals surface area contributed by atoms with Gasteiger partial charge in [0.05, 0.1) is 0 Å². The molecule has 6 heteroatoms. The molecule has 0 spiro atoms. The Bertz CT molecular complexity index is 498. The third kappa shape index (κ3) is 5.46. The van der Waals surface area contributed by atoms with E-state index in [-0.39, 0.29) is 11.7 Å². The molecule has 0 N–H and O–H groups in total. The molecule has 0 saturated carbocycles. The first-order valence-corrected chi connectivity index (χ1v) is 8.01. The number of hydrogen-bond acceptors (Lipinski definition) is 3. The molecule has 0 bridgehead atoms. The summed E-state index contributed by atoms with van der Waals surface area (Å²) >= 11 is 0. The van der Waals surface area contributed by atoms with Crippen LogP contribution in [0.3, 0.4) is 0 Å². The second-order valence-corrected chi connectivity index (χ2v) is 6.03. The third-order valence-corrected chi connectivity index (χ3v) is 4.17. The van der Waals surface area contributed by atoms with Crippen molar-refractivity contribution in [2.45, 2.75) is 39.3 Å². The van der Waals surface area contributed by atoms with E-state index in [0.717, 1.165) is 31.7 Å². The lowest BCUT2D eigenvalue weighted by Crippen LogP contribution is -2.50. The molecule has 1 aliphatic heterocycles. The molecule has 1 aromatic carbocycles. The predicted molar refractivity (Wildman–Crippen MR) is 84.7 cm³/mol. The fourth-order valence-electron chi connectivity index (χ4n) is 2.73. The Labute approximate surface area is 136 Å². The van der Waals surface area contributed by atoms with Crippen LogP contribution in [0, 0.1) is 0 Å². The molecule has 1 amide bonds. The van der Waals surface area contributed by atoms with Gasteiger partial charge in [0.15, 0.2) is 0 Å². The van der Waals surface area contributed by atoms with Crippen LogP contribution in [0.5, 0.6) is 5.75 Å². The molecule has 4 nitrogen and oxygen atoms in total. The van der Waals surface area contributed by atoms with Crippen LogP contribution in [-0.2, 0) is 11.2 Å². The summed E-state index contributed by atoms with van der Waals surface area (Å²) in [5.74, 6) is 0.293. The average Bonchev–Trinajstić information content (AvgIpc) is 2.53. The Balaban J connectivity index is 1.76. The average molecular weight is 326 g/mol. The molecule has 1 fully saturated rings. The largest absolute Gasteiger partial charge is 0.435 e. The highest BCUT2D eigenvalue weighted by Crippen LogP contribution is 2.16. The van der Waals surface area contributed by atoms with E-state index in [1.807, 2.05) is 4.90 Å². The van der Waals surface area contributed by atoms with Crippen LogP contribution in [0.15, 0.2) is 24.3 Å². The zero-order chi connectivity index (χ0) is 16.8. The summed E-state index contributed by atoms with van der Waals surface area (Å²) in [7, 11) is 0. The molecule has 1 aliphatic rings. The molecule has 1 aromatic rings. The van der Waals surface area contributed by atoms with Gasteiger partial charge in [-0.25, -0.2) is 0 Å². The number of rotatable bonds is 6. The SMILES string of the molecule is CC(C)N1CCN(C(=O)CCc2ccc(OC(F)F)cc2)CC1. The topological polar surface area (TPSA) is 32.8 Å². The molecular formula is C17H24F2N2O2. The fraction of sp³-hybridized carbons (Fsp3) is 0.588. The number of hydrogen-bond donors (Lipinski definition) is 0. The van der Waals surface area contributed by atoms with Gasteiger partial charge in [-0.2, -0.15) is 8.78 Å². The van der Waals surface area contributed by atoms with Crippen LogP contribution in [0.4, 0.5) is 8.78 Å². The molecule has 1 heterocycles. The van der Waals surface area contributed by atoms with E-state index in [4.69, 9.17) is 0 Å². The van der Waals surface area contributed by atoms with Crippen molar-refractivity contribution in [3.63, 3.8) is 0 Å². The highest BCUT2D eigenvalue weighted by molar-refractivity contribution is 5.76. The van der Waals surface area contributed by atoms with E-state index in [2.05, 4.69) is 23.5 Å². The summed E-state index contributed by atoms with van der Waals surface area (Å²) in [5.41, 5.74) is 0.945. The third-order valence-electron chi connectivity index (χ3n) is 4.17. The summed E-state index contributed by atoms with van der Waals surface area (Å²) in [6, 6.07) is 6.98. The fourth-order valence-corrected chi connectivity index (χ4v) is 2.73. The summed E-state index contributed by atoms with van der Waals surface area (Å²) in [6.07, 6.45) is 1.05. The molecule has 0 atom stereocenters. The van der Waals surface area contributed by atoms with Gasteiger partial charge in [-0.05, 0) is 38.0 Å². The van der Waals surface area contributed by atoms with Crippen LogP contribution in [-0.4, -0.2) is 54.5 Å². The minimum atomic E-state index is -2.81. The van der Waals surface area contributed by atoms with Crippen molar-refractivity contribution in [2.75, 3.05) is 26.2 Å². The monoisotopic (exact) mass is 326 g/mol. The number of alkyl halides is 2. The summed E-state index contributed by atoms with van der Waals surface area (Å²) < 4.78 is 28.5. The van der Waals surface area contributed by atoms with Crippen molar-refractivity contribution < 1.29 is 18.3 Å². The molecule has 0 aliphatic carbocycles. The zero-order valence-electron chi connectivity index (χ0n) is 13.7. The maximum absolute atomic E-state index is 12.2. The van der Waals surface area contributed by atoms with Gasteiger partial charge in [0.25, 0.3) is 0 Å². The predicted octanol–water partition coefficient (Wildman–Crippen LogP) is 2.77. The Morgan fingerprint density at radius 2 is 1.74 bits per heavy atom. The number of halogens is 2. The van der Waals surface area contributed by atoms with Crippen molar-refractivity contribution in [1.29, 1.82) is 0 Å². The smallest absolute Gasteiger partial charge is 0.387 e. The first-order valence-electron chi connectivity index (χ1n) is 8.01. The van der Waals surface area contributed by atoms with Crippen molar-refractivity contribution in [2.24, 2.45) is 0 Å². The Morgan fingerprint density at radius 3 is 2.26 bits per heavy atom. The van der Waals surface area contributed by atoms with Gasteiger partial charge in [-0.3, -0.25) is 9.69 Å². The van der Waals surface area contributed by atoms with Gasteiger partial charge < -0.3 is 9.64 Å². The highest BCUT2D eigenvalue weighted by atomic mass is 19.3. The van der Waals surface area contributed by atoms with Crippen molar-refractivity contribution in [3.05, 3.63) is 29.8 Å². The first kappa shape index (κ1) is 17.7. The number of ether oxygens (including phenoxy) is 1. The molecule has 128 valence electrons. The number of nitrogens with zero attached hydrogens (tertiary/aromatic N) is 2. The lowest BCUT2D eigenvalue weighted by molar-refractivity contribution is -0.133. The number of amides is 1. The Morgan fingerprint density at radius 1 is 1.13 bits per heavy atom. The van der Waals surface area contributed by atoms with Crippen molar-refractivity contribution in [3.8, 4) is 5.75 Å². The molecular weight excluding hydrogens is 302 g/mol. The molecule has 0 radical (unpaired) electrons. The lowest BCUT2D eigenvalue weighted by atomic mass is 10.1. The number of aryl methyl sites for hydroxylation is 1. The van der Waals surface area contributed by atoms with Gasteiger partial charge in [-0.1, -0.05) is 12.1 Å². The van der Waals surface area contributed by atoms with Crippen LogP contribution in [0.25, 0.3) is 0 Å². The first-order chi connectivity index (χ1) is 11.0. The second kappa shape index (κ2) is 8.24. The molecule has 0 aromatic heterocycles.